The summed E-state index contributed by atoms with van der Waals surface area (Å²) in [6, 6.07) is 3.51. The van der Waals surface area contributed by atoms with E-state index in [0.29, 0.717) is 17.3 Å². The van der Waals surface area contributed by atoms with Crippen LogP contribution in [0.4, 0.5) is 11.4 Å². The fourth-order valence-corrected chi connectivity index (χ4v) is 2.78. The standard InChI is InChI=1S/C15H21N3O3/c1-9-6-10(2)14(18(20)21)8-13(9)17-15(19)12-4-5-16-11(3)7-12/h6,8,11-12,16H,4-5,7H2,1-3H3,(H,17,19). The second-order valence-electron chi connectivity index (χ2n) is 5.78. The number of hydrogen-bond acceptors (Lipinski definition) is 4. The van der Waals surface area contributed by atoms with Crippen molar-refractivity contribution in [3.8, 4) is 0 Å². The Morgan fingerprint density at radius 2 is 2.10 bits per heavy atom. The highest BCUT2D eigenvalue weighted by Crippen LogP contribution is 2.27. The van der Waals surface area contributed by atoms with Gasteiger partial charge in [0.2, 0.25) is 5.91 Å². The monoisotopic (exact) mass is 291 g/mol. The van der Waals surface area contributed by atoms with Gasteiger partial charge in [0.05, 0.1) is 10.6 Å². The number of nitro groups is 1. The maximum atomic E-state index is 12.3. The molecule has 2 unspecified atom stereocenters. The number of hydrogen-bond donors (Lipinski definition) is 2. The first-order valence-electron chi connectivity index (χ1n) is 7.18. The number of amides is 1. The van der Waals surface area contributed by atoms with Gasteiger partial charge in [-0.25, -0.2) is 0 Å². The highest BCUT2D eigenvalue weighted by atomic mass is 16.6. The van der Waals surface area contributed by atoms with Gasteiger partial charge < -0.3 is 10.6 Å². The summed E-state index contributed by atoms with van der Waals surface area (Å²) in [5.74, 6) is -0.0920. The molecule has 0 saturated carbocycles. The lowest BCUT2D eigenvalue weighted by Gasteiger charge is -2.27. The van der Waals surface area contributed by atoms with Gasteiger partial charge in [-0.05, 0) is 51.8 Å². The summed E-state index contributed by atoms with van der Waals surface area (Å²) < 4.78 is 0. The van der Waals surface area contributed by atoms with Gasteiger partial charge in [-0.1, -0.05) is 0 Å². The Balaban J connectivity index is 2.17. The first kappa shape index (κ1) is 15.4. The lowest BCUT2D eigenvalue weighted by molar-refractivity contribution is -0.385. The van der Waals surface area contributed by atoms with Crippen LogP contribution in [-0.4, -0.2) is 23.4 Å². The summed E-state index contributed by atoms with van der Waals surface area (Å²) in [5, 5.41) is 17.2. The lowest BCUT2D eigenvalue weighted by Crippen LogP contribution is -2.40. The highest BCUT2D eigenvalue weighted by Gasteiger charge is 2.25. The molecule has 1 amide bonds. The molecule has 1 fully saturated rings. The summed E-state index contributed by atoms with van der Waals surface area (Å²) in [4.78, 5) is 22.9. The molecule has 1 saturated heterocycles. The molecule has 6 heteroatoms. The van der Waals surface area contributed by atoms with E-state index in [2.05, 4.69) is 17.6 Å². The van der Waals surface area contributed by atoms with Crippen molar-refractivity contribution in [3.63, 3.8) is 0 Å². The summed E-state index contributed by atoms with van der Waals surface area (Å²) in [6.07, 6.45) is 1.59. The Morgan fingerprint density at radius 3 is 2.71 bits per heavy atom. The zero-order chi connectivity index (χ0) is 15.6. The summed E-state index contributed by atoms with van der Waals surface area (Å²) in [5.41, 5.74) is 2.01. The maximum Gasteiger partial charge on any atom is 0.274 e. The van der Waals surface area contributed by atoms with Crippen molar-refractivity contribution in [2.75, 3.05) is 11.9 Å². The number of nitro benzene ring substituents is 1. The second kappa shape index (κ2) is 6.22. The van der Waals surface area contributed by atoms with Crippen molar-refractivity contribution in [3.05, 3.63) is 33.4 Å². The molecule has 0 aliphatic carbocycles. The van der Waals surface area contributed by atoms with Crippen molar-refractivity contribution >= 4 is 17.3 Å². The maximum absolute atomic E-state index is 12.3. The molecule has 0 bridgehead atoms. The number of rotatable bonds is 3. The number of carbonyl (C=O) groups excluding carboxylic acids is 1. The average molecular weight is 291 g/mol. The Hall–Kier alpha value is -1.95. The van der Waals surface area contributed by atoms with Crippen molar-refractivity contribution in [2.45, 2.75) is 39.7 Å². The number of anilines is 1. The van der Waals surface area contributed by atoms with E-state index in [9.17, 15) is 14.9 Å². The first-order valence-corrected chi connectivity index (χ1v) is 7.18. The number of nitrogens with one attached hydrogen (secondary N) is 2. The fourth-order valence-electron chi connectivity index (χ4n) is 2.78. The molecule has 0 aromatic heterocycles. The van der Waals surface area contributed by atoms with Crippen LogP contribution in [0.15, 0.2) is 12.1 Å². The Bertz CT molecular complexity index is 572. The predicted octanol–water partition coefficient (Wildman–Crippen LogP) is 2.54. The SMILES string of the molecule is Cc1cc(C)c([N+](=O)[O-])cc1NC(=O)C1CCNC(C)C1. The molecule has 21 heavy (non-hydrogen) atoms. The molecular weight excluding hydrogens is 270 g/mol. The third-order valence-corrected chi connectivity index (χ3v) is 3.99. The number of carbonyl (C=O) groups is 1. The third kappa shape index (κ3) is 3.58. The topological polar surface area (TPSA) is 84.3 Å². The van der Waals surface area contributed by atoms with Crippen molar-refractivity contribution in [1.82, 2.24) is 5.32 Å². The molecule has 0 radical (unpaired) electrons. The summed E-state index contributed by atoms with van der Waals surface area (Å²) in [6.45, 7) is 6.43. The number of aryl methyl sites for hydroxylation is 2. The van der Waals surface area contributed by atoms with Crippen LogP contribution in [-0.2, 0) is 4.79 Å². The van der Waals surface area contributed by atoms with Crippen LogP contribution in [0.25, 0.3) is 0 Å². The minimum absolute atomic E-state index is 0.0366. The van der Waals surface area contributed by atoms with Crippen molar-refractivity contribution in [2.24, 2.45) is 5.92 Å². The predicted molar refractivity (Wildman–Crippen MR) is 81.4 cm³/mol. The van der Waals surface area contributed by atoms with E-state index in [1.54, 1.807) is 13.0 Å². The van der Waals surface area contributed by atoms with E-state index in [1.807, 2.05) is 6.92 Å². The smallest absolute Gasteiger partial charge is 0.274 e. The number of benzene rings is 1. The number of nitrogens with zero attached hydrogens (tertiary/aromatic N) is 1. The van der Waals surface area contributed by atoms with Gasteiger partial charge in [0.1, 0.15) is 0 Å². The summed E-state index contributed by atoms with van der Waals surface area (Å²) in [7, 11) is 0. The van der Waals surface area contributed by atoms with Crippen LogP contribution in [0.1, 0.15) is 30.9 Å². The Morgan fingerprint density at radius 1 is 1.38 bits per heavy atom. The van der Waals surface area contributed by atoms with Crippen LogP contribution in [0, 0.1) is 29.9 Å². The van der Waals surface area contributed by atoms with Gasteiger partial charge >= 0.3 is 0 Å². The van der Waals surface area contributed by atoms with Crippen LogP contribution in [0.2, 0.25) is 0 Å². The molecule has 6 nitrogen and oxygen atoms in total. The van der Waals surface area contributed by atoms with E-state index in [0.717, 1.165) is 24.9 Å². The van der Waals surface area contributed by atoms with Crippen LogP contribution < -0.4 is 10.6 Å². The molecule has 2 N–H and O–H groups in total. The van der Waals surface area contributed by atoms with E-state index in [1.165, 1.54) is 6.07 Å². The molecule has 0 spiro atoms. The molecule has 2 rings (SSSR count). The fraction of sp³-hybridized carbons (Fsp3) is 0.533. The number of piperidine rings is 1. The molecule has 2 atom stereocenters. The van der Waals surface area contributed by atoms with Gasteiger partial charge in [-0.15, -0.1) is 0 Å². The molecular formula is C15H21N3O3. The first-order chi connectivity index (χ1) is 9.88. The molecule has 1 aliphatic heterocycles. The zero-order valence-corrected chi connectivity index (χ0v) is 12.6. The van der Waals surface area contributed by atoms with Crippen molar-refractivity contribution in [1.29, 1.82) is 0 Å². The molecule has 1 aromatic rings. The normalized spacial score (nSPS) is 21.9. The molecule has 1 heterocycles. The van der Waals surface area contributed by atoms with Crippen molar-refractivity contribution < 1.29 is 9.72 Å². The van der Waals surface area contributed by atoms with Gasteiger partial charge in [0.15, 0.2) is 0 Å². The Kier molecular flexibility index (Phi) is 4.57. The molecule has 114 valence electrons. The van der Waals surface area contributed by atoms with Gasteiger partial charge in [-0.3, -0.25) is 14.9 Å². The minimum atomic E-state index is -0.420. The van der Waals surface area contributed by atoms with Crippen LogP contribution >= 0.6 is 0 Å². The van der Waals surface area contributed by atoms with E-state index < -0.39 is 4.92 Å². The van der Waals surface area contributed by atoms with Crippen LogP contribution in [0.3, 0.4) is 0 Å². The third-order valence-electron chi connectivity index (χ3n) is 3.99. The minimum Gasteiger partial charge on any atom is -0.325 e. The van der Waals surface area contributed by atoms with E-state index in [4.69, 9.17) is 0 Å². The second-order valence-corrected chi connectivity index (χ2v) is 5.78. The van der Waals surface area contributed by atoms with E-state index >= 15 is 0 Å². The molecule has 1 aromatic carbocycles. The van der Waals surface area contributed by atoms with Crippen LogP contribution in [0.5, 0.6) is 0 Å². The highest BCUT2D eigenvalue weighted by molar-refractivity contribution is 5.93. The molecule has 1 aliphatic rings. The van der Waals surface area contributed by atoms with Gasteiger partial charge in [0.25, 0.3) is 5.69 Å². The van der Waals surface area contributed by atoms with E-state index in [-0.39, 0.29) is 17.5 Å². The zero-order valence-electron chi connectivity index (χ0n) is 12.6. The lowest BCUT2D eigenvalue weighted by atomic mass is 9.92. The Labute approximate surface area is 124 Å². The van der Waals surface area contributed by atoms with Gasteiger partial charge in [-0.2, -0.15) is 0 Å². The summed E-state index contributed by atoms with van der Waals surface area (Å²) >= 11 is 0. The average Bonchev–Trinajstić information content (AvgIpc) is 2.41. The quantitative estimate of drug-likeness (QED) is 0.662. The largest absolute Gasteiger partial charge is 0.325 e. The van der Waals surface area contributed by atoms with Gasteiger partial charge in [0, 0.05) is 23.6 Å².